The maximum atomic E-state index is 13.8. The average Bonchev–Trinajstić information content (AvgIpc) is 2.55. The van der Waals surface area contributed by atoms with Crippen LogP contribution in [0, 0.1) is 11.6 Å². The molecule has 0 aromatic heterocycles. The number of rotatable bonds is 3. The Labute approximate surface area is 138 Å². The molecule has 2 aromatic carbocycles. The van der Waals surface area contributed by atoms with Gasteiger partial charge in [0.05, 0.1) is 0 Å². The Bertz CT molecular complexity index is 714. The standard InChI is InChI=1S/C18H18F2N2O2/c19-12-9-15(20)17(16(23)10-12)18(24)21-13-5-4-8-22(11-13)14-6-2-1-3-7-14/h1-3,6-7,9-10,13,23H,4-5,8,11H2,(H,21,24). The fourth-order valence-corrected chi connectivity index (χ4v) is 3.01. The first-order valence-corrected chi connectivity index (χ1v) is 7.83. The topological polar surface area (TPSA) is 52.6 Å². The molecule has 1 saturated heterocycles. The Morgan fingerprint density at radius 2 is 1.96 bits per heavy atom. The molecule has 6 heteroatoms. The van der Waals surface area contributed by atoms with Crippen LogP contribution >= 0.6 is 0 Å². The van der Waals surface area contributed by atoms with Crippen molar-refractivity contribution in [1.82, 2.24) is 5.32 Å². The van der Waals surface area contributed by atoms with Gasteiger partial charge in [-0.1, -0.05) is 18.2 Å². The summed E-state index contributed by atoms with van der Waals surface area (Å²) >= 11 is 0. The summed E-state index contributed by atoms with van der Waals surface area (Å²) in [5.74, 6) is -3.42. The second-order valence-electron chi connectivity index (χ2n) is 5.88. The SMILES string of the molecule is O=C(NC1CCCN(c2ccccc2)C1)c1c(O)cc(F)cc1F. The number of nitrogens with one attached hydrogen (secondary N) is 1. The summed E-state index contributed by atoms with van der Waals surface area (Å²) in [4.78, 5) is 14.4. The zero-order valence-electron chi connectivity index (χ0n) is 13.0. The van der Waals surface area contributed by atoms with Crippen LogP contribution in [0.15, 0.2) is 42.5 Å². The lowest BCUT2D eigenvalue weighted by Gasteiger charge is -2.34. The number of aromatic hydroxyl groups is 1. The van der Waals surface area contributed by atoms with E-state index in [2.05, 4.69) is 10.2 Å². The third-order valence-electron chi connectivity index (χ3n) is 4.14. The number of carbonyl (C=O) groups excluding carboxylic acids is 1. The maximum absolute atomic E-state index is 13.8. The lowest BCUT2D eigenvalue weighted by Crippen LogP contribution is -2.48. The number of hydrogen-bond donors (Lipinski definition) is 2. The number of nitrogens with zero attached hydrogens (tertiary/aromatic N) is 1. The third kappa shape index (κ3) is 3.48. The summed E-state index contributed by atoms with van der Waals surface area (Å²) in [6, 6.07) is 11.0. The van der Waals surface area contributed by atoms with E-state index in [-0.39, 0.29) is 6.04 Å². The Balaban J connectivity index is 1.71. The molecule has 2 aromatic rings. The largest absolute Gasteiger partial charge is 0.507 e. The number of carbonyl (C=O) groups is 1. The van der Waals surface area contributed by atoms with Gasteiger partial charge < -0.3 is 15.3 Å². The number of para-hydroxylation sites is 1. The molecule has 1 heterocycles. The molecule has 1 fully saturated rings. The van der Waals surface area contributed by atoms with Gasteiger partial charge in [0.2, 0.25) is 0 Å². The predicted octanol–water partition coefficient (Wildman–Crippen LogP) is 3.07. The highest BCUT2D eigenvalue weighted by atomic mass is 19.1. The lowest BCUT2D eigenvalue weighted by molar-refractivity contribution is 0.0926. The number of hydrogen-bond acceptors (Lipinski definition) is 3. The van der Waals surface area contributed by atoms with Gasteiger partial charge in [-0.3, -0.25) is 4.79 Å². The van der Waals surface area contributed by atoms with Crippen molar-refractivity contribution in [2.75, 3.05) is 18.0 Å². The number of phenolic OH excluding ortho intramolecular Hbond substituents is 1. The fourth-order valence-electron chi connectivity index (χ4n) is 3.01. The van der Waals surface area contributed by atoms with Gasteiger partial charge in [0.15, 0.2) is 0 Å². The summed E-state index contributed by atoms with van der Waals surface area (Å²) in [5, 5.41) is 12.4. The molecule has 126 valence electrons. The highest BCUT2D eigenvalue weighted by Gasteiger charge is 2.25. The number of benzene rings is 2. The van der Waals surface area contributed by atoms with Gasteiger partial charge in [-0.15, -0.1) is 0 Å². The highest BCUT2D eigenvalue weighted by Crippen LogP contribution is 2.23. The van der Waals surface area contributed by atoms with Crippen molar-refractivity contribution in [3.8, 4) is 5.75 Å². The highest BCUT2D eigenvalue weighted by molar-refractivity contribution is 5.97. The van der Waals surface area contributed by atoms with Crippen molar-refractivity contribution < 1.29 is 18.7 Å². The van der Waals surface area contributed by atoms with E-state index >= 15 is 0 Å². The molecule has 0 saturated carbocycles. The van der Waals surface area contributed by atoms with Gasteiger partial charge in [0.1, 0.15) is 22.9 Å². The minimum atomic E-state index is -1.07. The quantitative estimate of drug-likeness (QED) is 0.908. The van der Waals surface area contributed by atoms with Crippen molar-refractivity contribution >= 4 is 11.6 Å². The van der Waals surface area contributed by atoms with Crippen LogP contribution in [0.1, 0.15) is 23.2 Å². The molecule has 3 rings (SSSR count). The Kier molecular flexibility index (Phi) is 4.64. The molecule has 2 N–H and O–H groups in total. The van der Waals surface area contributed by atoms with Crippen LogP contribution < -0.4 is 10.2 Å². The van der Waals surface area contributed by atoms with E-state index < -0.39 is 28.9 Å². The Morgan fingerprint density at radius 3 is 2.67 bits per heavy atom. The van der Waals surface area contributed by atoms with Crippen molar-refractivity contribution in [3.05, 3.63) is 59.7 Å². The maximum Gasteiger partial charge on any atom is 0.258 e. The second-order valence-corrected chi connectivity index (χ2v) is 5.88. The van der Waals surface area contributed by atoms with Crippen molar-refractivity contribution in [2.45, 2.75) is 18.9 Å². The monoisotopic (exact) mass is 332 g/mol. The summed E-state index contributed by atoms with van der Waals surface area (Å²) in [6.07, 6.45) is 1.65. The van der Waals surface area contributed by atoms with Crippen LogP contribution in [0.25, 0.3) is 0 Å². The van der Waals surface area contributed by atoms with Crippen LogP contribution in [-0.4, -0.2) is 30.1 Å². The Morgan fingerprint density at radius 1 is 1.21 bits per heavy atom. The van der Waals surface area contributed by atoms with Crippen LogP contribution in [0.2, 0.25) is 0 Å². The fraction of sp³-hybridized carbons (Fsp3) is 0.278. The van der Waals surface area contributed by atoms with E-state index in [1.807, 2.05) is 30.3 Å². The molecule has 0 radical (unpaired) electrons. The van der Waals surface area contributed by atoms with Gasteiger partial charge in [0.25, 0.3) is 5.91 Å². The van der Waals surface area contributed by atoms with Crippen LogP contribution in [0.3, 0.4) is 0 Å². The molecule has 24 heavy (non-hydrogen) atoms. The molecule has 4 nitrogen and oxygen atoms in total. The van der Waals surface area contributed by atoms with Gasteiger partial charge in [-0.05, 0) is 25.0 Å². The molecule has 1 aliphatic heterocycles. The van der Waals surface area contributed by atoms with Crippen molar-refractivity contribution in [2.24, 2.45) is 0 Å². The minimum absolute atomic E-state index is 0.171. The molecular weight excluding hydrogens is 314 g/mol. The van der Waals surface area contributed by atoms with E-state index in [0.29, 0.717) is 12.6 Å². The van der Waals surface area contributed by atoms with E-state index in [0.717, 1.165) is 31.1 Å². The number of anilines is 1. The molecule has 0 bridgehead atoms. The normalized spacial score (nSPS) is 17.6. The summed E-state index contributed by atoms with van der Waals surface area (Å²) < 4.78 is 26.8. The summed E-state index contributed by atoms with van der Waals surface area (Å²) in [6.45, 7) is 1.48. The third-order valence-corrected chi connectivity index (χ3v) is 4.14. The number of phenols is 1. The van der Waals surface area contributed by atoms with E-state index in [9.17, 15) is 18.7 Å². The molecule has 0 spiro atoms. The molecule has 1 amide bonds. The van der Waals surface area contributed by atoms with Crippen LogP contribution in [-0.2, 0) is 0 Å². The summed E-state index contributed by atoms with van der Waals surface area (Å²) in [7, 11) is 0. The second kappa shape index (κ2) is 6.86. The number of piperidine rings is 1. The number of halogens is 2. The van der Waals surface area contributed by atoms with Crippen LogP contribution in [0.4, 0.5) is 14.5 Å². The summed E-state index contributed by atoms with van der Waals surface area (Å²) in [5.41, 5.74) is 0.542. The van der Waals surface area contributed by atoms with Gasteiger partial charge >= 0.3 is 0 Å². The lowest BCUT2D eigenvalue weighted by atomic mass is 10.0. The van der Waals surface area contributed by atoms with Gasteiger partial charge in [-0.25, -0.2) is 8.78 Å². The molecular formula is C18H18F2N2O2. The Hall–Kier alpha value is -2.63. The van der Waals surface area contributed by atoms with Crippen LogP contribution in [0.5, 0.6) is 5.75 Å². The minimum Gasteiger partial charge on any atom is -0.507 e. The molecule has 1 aliphatic rings. The van der Waals surface area contributed by atoms with E-state index in [1.54, 1.807) is 0 Å². The zero-order valence-corrected chi connectivity index (χ0v) is 13.0. The number of amides is 1. The molecule has 0 aliphatic carbocycles. The van der Waals surface area contributed by atoms with E-state index in [4.69, 9.17) is 0 Å². The van der Waals surface area contributed by atoms with Gasteiger partial charge in [-0.2, -0.15) is 0 Å². The zero-order chi connectivity index (χ0) is 17.1. The average molecular weight is 332 g/mol. The predicted molar refractivity (Wildman–Crippen MR) is 87.2 cm³/mol. The van der Waals surface area contributed by atoms with Crippen molar-refractivity contribution in [1.29, 1.82) is 0 Å². The first kappa shape index (κ1) is 16.2. The smallest absolute Gasteiger partial charge is 0.258 e. The van der Waals surface area contributed by atoms with Crippen molar-refractivity contribution in [3.63, 3.8) is 0 Å². The first-order valence-electron chi connectivity index (χ1n) is 7.83. The first-order chi connectivity index (χ1) is 11.5. The van der Waals surface area contributed by atoms with E-state index in [1.165, 1.54) is 0 Å². The molecule has 1 atom stereocenters. The van der Waals surface area contributed by atoms with Gasteiger partial charge in [0, 0.05) is 37.0 Å². The molecule has 1 unspecified atom stereocenters.